The molecule has 1 unspecified atom stereocenters. The van der Waals surface area contributed by atoms with Crippen molar-refractivity contribution in [1.82, 2.24) is 15.6 Å². The SMILES string of the molecule is Cl.Cl.O=C(NCCc1ccccn1)C1CCNC1. The van der Waals surface area contributed by atoms with Crippen molar-refractivity contribution in [2.75, 3.05) is 19.6 Å². The zero-order valence-corrected chi connectivity index (χ0v) is 11.7. The zero-order chi connectivity index (χ0) is 11.2. The van der Waals surface area contributed by atoms with E-state index in [0.717, 1.165) is 31.6 Å². The van der Waals surface area contributed by atoms with Crippen molar-refractivity contribution in [2.45, 2.75) is 12.8 Å². The number of carbonyl (C=O) groups excluding carboxylic acids is 1. The molecule has 1 fully saturated rings. The number of hydrogen-bond acceptors (Lipinski definition) is 3. The Labute approximate surface area is 120 Å². The molecule has 0 aliphatic carbocycles. The number of amides is 1. The van der Waals surface area contributed by atoms with E-state index in [1.54, 1.807) is 6.20 Å². The second-order valence-electron chi connectivity index (χ2n) is 4.05. The van der Waals surface area contributed by atoms with Crippen LogP contribution in [0.15, 0.2) is 24.4 Å². The maximum absolute atomic E-state index is 11.7. The number of rotatable bonds is 4. The minimum Gasteiger partial charge on any atom is -0.355 e. The summed E-state index contributed by atoms with van der Waals surface area (Å²) in [6.07, 6.45) is 3.53. The van der Waals surface area contributed by atoms with Crippen molar-refractivity contribution in [2.24, 2.45) is 5.92 Å². The Morgan fingerprint density at radius 3 is 2.89 bits per heavy atom. The lowest BCUT2D eigenvalue weighted by atomic mass is 10.1. The Hall–Kier alpha value is -0.840. The monoisotopic (exact) mass is 291 g/mol. The Morgan fingerprint density at radius 1 is 1.44 bits per heavy atom. The first-order valence-electron chi connectivity index (χ1n) is 5.74. The van der Waals surface area contributed by atoms with Crippen LogP contribution in [0, 0.1) is 5.92 Å². The number of pyridine rings is 1. The topological polar surface area (TPSA) is 54.0 Å². The van der Waals surface area contributed by atoms with E-state index in [1.807, 2.05) is 18.2 Å². The molecule has 2 heterocycles. The summed E-state index contributed by atoms with van der Waals surface area (Å²) in [6.45, 7) is 2.44. The van der Waals surface area contributed by atoms with Crippen LogP contribution in [0.25, 0.3) is 0 Å². The molecule has 4 nitrogen and oxygen atoms in total. The molecule has 1 aliphatic heterocycles. The largest absolute Gasteiger partial charge is 0.355 e. The lowest BCUT2D eigenvalue weighted by molar-refractivity contribution is -0.124. The number of halogens is 2. The van der Waals surface area contributed by atoms with Gasteiger partial charge >= 0.3 is 0 Å². The van der Waals surface area contributed by atoms with Crippen molar-refractivity contribution in [1.29, 1.82) is 0 Å². The van der Waals surface area contributed by atoms with Gasteiger partial charge in [-0.05, 0) is 25.1 Å². The van der Waals surface area contributed by atoms with Crippen LogP contribution in [0.3, 0.4) is 0 Å². The van der Waals surface area contributed by atoms with E-state index in [2.05, 4.69) is 15.6 Å². The maximum atomic E-state index is 11.7. The molecule has 2 N–H and O–H groups in total. The highest BCUT2D eigenvalue weighted by molar-refractivity contribution is 5.85. The van der Waals surface area contributed by atoms with Gasteiger partial charge in [0.25, 0.3) is 0 Å². The average molecular weight is 292 g/mol. The lowest BCUT2D eigenvalue weighted by Gasteiger charge is -2.09. The molecule has 0 spiro atoms. The molecule has 1 aromatic heterocycles. The normalized spacial score (nSPS) is 17.4. The predicted octanol–water partition coefficient (Wildman–Crippen LogP) is 1.19. The van der Waals surface area contributed by atoms with Gasteiger partial charge in [-0.3, -0.25) is 9.78 Å². The fourth-order valence-electron chi connectivity index (χ4n) is 1.88. The van der Waals surface area contributed by atoms with Crippen LogP contribution in [0.1, 0.15) is 12.1 Å². The summed E-state index contributed by atoms with van der Waals surface area (Å²) in [7, 11) is 0. The fraction of sp³-hybridized carbons (Fsp3) is 0.500. The van der Waals surface area contributed by atoms with Gasteiger partial charge in [0.15, 0.2) is 0 Å². The molecule has 6 heteroatoms. The Balaban J connectivity index is 0.00000144. The minimum absolute atomic E-state index is 0. The lowest BCUT2D eigenvalue weighted by Crippen LogP contribution is -2.33. The van der Waals surface area contributed by atoms with E-state index in [1.165, 1.54) is 0 Å². The highest BCUT2D eigenvalue weighted by Crippen LogP contribution is 2.06. The van der Waals surface area contributed by atoms with Gasteiger partial charge in [0.1, 0.15) is 0 Å². The predicted molar refractivity (Wildman–Crippen MR) is 76.4 cm³/mol. The summed E-state index contributed by atoms with van der Waals surface area (Å²) in [5.41, 5.74) is 1.02. The Kier molecular flexibility index (Phi) is 8.71. The minimum atomic E-state index is 0. The molecule has 0 saturated carbocycles. The number of nitrogens with one attached hydrogen (secondary N) is 2. The fourth-order valence-corrected chi connectivity index (χ4v) is 1.88. The molecule has 1 atom stereocenters. The molecule has 1 aliphatic rings. The van der Waals surface area contributed by atoms with E-state index >= 15 is 0 Å². The summed E-state index contributed by atoms with van der Waals surface area (Å²) in [6, 6.07) is 5.83. The third-order valence-corrected chi connectivity index (χ3v) is 2.84. The number of carbonyl (C=O) groups is 1. The van der Waals surface area contributed by atoms with Crippen molar-refractivity contribution >= 4 is 30.7 Å². The Bertz CT molecular complexity index is 342. The highest BCUT2D eigenvalue weighted by atomic mass is 35.5. The van der Waals surface area contributed by atoms with E-state index in [9.17, 15) is 4.79 Å². The van der Waals surface area contributed by atoms with Crippen LogP contribution in [0.5, 0.6) is 0 Å². The van der Waals surface area contributed by atoms with Gasteiger partial charge < -0.3 is 10.6 Å². The molecule has 18 heavy (non-hydrogen) atoms. The van der Waals surface area contributed by atoms with E-state index in [0.29, 0.717) is 6.54 Å². The molecule has 2 rings (SSSR count). The first-order valence-corrected chi connectivity index (χ1v) is 5.74. The molecular weight excluding hydrogens is 273 g/mol. The number of hydrogen-bond donors (Lipinski definition) is 2. The van der Waals surface area contributed by atoms with Crippen LogP contribution >= 0.6 is 24.8 Å². The summed E-state index contributed by atoms with van der Waals surface area (Å²) >= 11 is 0. The molecule has 1 aromatic rings. The summed E-state index contributed by atoms with van der Waals surface area (Å²) in [5.74, 6) is 0.324. The van der Waals surface area contributed by atoms with Crippen LogP contribution in [0.2, 0.25) is 0 Å². The van der Waals surface area contributed by atoms with Gasteiger partial charge in [0, 0.05) is 31.4 Å². The summed E-state index contributed by atoms with van der Waals surface area (Å²) in [4.78, 5) is 15.9. The smallest absolute Gasteiger partial charge is 0.224 e. The summed E-state index contributed by atoms with van der Waals surface area (Å²) < 4.78 is 0. The van der Waals surface area contributed by atoms with Crippen LogP contribution in [-0.2, 0) is 11.2 Å². The second-order valence-corrected chi connectivity index (χ2v) is 4.05. The molecule has 102 valence electrons. The van der Waals surface area contributed by atoms with Crippen molar-refractivity contribution in [3.63, 3.8) is 0 Å². The summed E-state index contributed by atoms with van der Waals surface area (Å²) in [5, 5.41) is 6.14. The maximum Gasteiger partial charge on any atom is 0.224 e. The zero-order valence-electron chi connectivity index (χ0n) is 10.1. The highest BCUT2D eigenvalue weighted by Gasteiger charge is 2.21. The molecule has 1 saturated heterocycles. The van der Waals surface area contributed by atoms with Gasteiger partial charge in [-0.15, -0.1) is 24.8 Å². The quantitative estimate of drug-likeness (QED) is 0.876. The van der Waals surface area contributed by atoms with E-state index in [4.69, 9.17) is 0 Å². The number of aromatic nitrogens is 1. The molecular formula is C12H19Cl2N3O. The average Bonchev–Trinajstić information content (AvgIpc) is 2.84. The first kappa shape index (κ1) is 17.2. The van der Waals surface area contributed by atoms with E-state index < -0.39 is 0 Å². The van der Waals surface area contributed by atoms with Crippen LogP contribution in [-0.4, -0.2) is 30.5 Å². The van der Waals surface area contributed by atoms with Crippen LogP contribution in [0.4, 0.5) is 0 Å². The van der Waals surface area contributed by atoms with Gasteiger partial charge in [-0.25, -0.2) is 0 Å². The molecule has 0 bridgehead atoms. The Morgan fingerprint density at radius 2 is 2.28 bits per heavy atom. The van der Waals surface area contributed by atoms with Gasteiger partial charge in [-0.1, -0.05) is 6.07 Å². The van der Waals surface area contributed by atoms with Gasteiger partial charge in [-0.2, -0.15) is 0 Å². The number of nitrogens with zero attached hydrogens (tertiary/aromatic N) is 1. The third-order valence-electron chi connectivity index (χ3n) is 2.84. The van der Waals surface area contributed by atoms with Crippen molar-refractivity contribution in [3.05, 3.63) is 30.1 Å². The van der Waals surface area contributed by atoms with Crippen LogP contribution < -0.4 is 10.6 Å². The van der Waals surface area contributed by atoms with Crippen molar-refractivity contribution in [3.8, 4) is 0 Å². The van der Waals surface area contributed by atoms with Gasteiger partial charge in [0.2, 0.25) is 5.91 Å². The standard InChI is InChI=1S/C12H17N3O.2ClH/c16-12(10-4-7-13-9-10)15-8-5-11-3-1-2-6-14-11;;/h1-3,6,10,13H,4-5,7-9H2,(H,15,16);2*1H. The third kappa shape index (κ3) is 5.21. The molecule has 0 aromatic carbocycles. The first-order chi connectivity index (χ1) is 7.86. The van der Waals surface area contributed by atoms with Gasteiger partial charge in [0.05, 0.1) is 5.92 Å². The molecule has 1 amide bonds. The molecule has 0 radical (unpaired) electrons. The van der Waals surface area contributed by atoms with Crippen molar-refractivity contribution < 1.29 is 4.79 Å². The second kappa shape index (κ2) is 9.14. The van der Waals surface area contributed by atoms with E-state index in [-0.39, 0.29) is 36.6 Å².